The van der Waals surface area contributed by atoms with Crippen molar-refractivity contribution < 1.29 is 14.6 Å². The highest BCUT2D eigenvalue weighted by molar-refractivity contribution is 5.65. The van der Waals surface area contributed by atoms with Gasteiger partial charge in [-0.15, -0.1) is 0 Å². The zero-order valence-electron chi connectivity index (χ0n) is 20.4. The van der Waals surface area contributed by atoms with E-state index in [1.54, 1.807) is 4.90 Å². The van der Waals surface area contributed by atoms with Gasteiger partial charge in [0.05, 0.1) is 0 Å². The number of amides is 1. The molecule has 2 unspecified atom stereocenters. The van der Waals surface area contributed by atoms with Crippen molar-refractivity contribution in [1.82, 2.24) is 14.7 Å². The van der Waals surface area contributed by atoms with E-state index < -0.39 is 6.09 Å². The number of piperazine rings is 1. The Morgan fingerprint density at radius 2 is 1.76 bits per heavy atom. The molecule has 4 aliphatic rings. The van der Waals surface area contributed by atoms with E-state index in [0.717, 1.165) is 58.5 Å². The number of ether oxygens (including phenoxy) is 1. The van der Waals surface area contributed by atoms with Gasteiger partial charge in [0.15, 0.2) is 0 Å². The van der Waals surface area contributed by atoms with E-state index in [2.05, 4.69) is 47.9 Å². The van der Waals surface area contributed by atoms with Crippen LogP contribution >= 0.6 is 0 Å². The zero-order chi connectivity index (χ0) is 23.0. The molecule has 3 heterocycles. The van der Waals surface area contributed by atoms with Gasteiger partial charge in [-0.25, -0.2) is 4.79 Å². The zero-order valence-corrected chi connectivity index (χ0v) is 20.4. The Labute approximate surface area is 198 Å². The topological polar surface area (TPSA) is 56.2 Å². The van der Waals surface area contributed by atoms with Crippen LogP contribution in [0.5, 0.6) is 0 Å². The average molecular weight is 456 g/mol. The summed E-state index contributed by atoms with van der Waals surface area (Å²) in [4.78, 5) is 18.7. The van der Waals surface area contributed by atoms with E-state index >= 15 is 0 Å². The Hall–Kier alpha value is -1.63. The quantitative estimate of drug-likeness (QED) is 0.721. The van der Waals surface area contributed by atoms with Crippen molar-refractivity contribution in [2.45, 2.75) is 76.4 Å². The highest BCUT2D eigenvalue weighted by atomic mass is 16.5. The summed E-state index contributed by atoms with van der Waals surface area (Å²) >= 11 is 0. The van der Waals surface area contributed by atoms with Crippen LogP contribution in [-0.4, -0.2) is 83.9 Å². The molecule has 0 bridgehead atoms. The van der Waals surface area contributed by atoms with Gasteiger partial charge in [0.2, 0.25) is 0 Å². The van der Waals surface area contributed by atoms with E-state index in [0.29, 0.717) is 42.5 Å². The van der Waals surface area contributed by atoms with Gasteiger partial charge < -0.3 is 14.7 Å². The van der Waals surface area contributed by atoms with Gasteiger partial charge in [-0.1, -0.05) is 38.1 Å². The smallest absolute Gasteiger partial charge is 0.407 e. The summed E-state index contributed by atoms with van der Waals surface area (Å²) in [5, 5.41) is 9.44. The van der Waals surface area contributed by atoms with Crippen LogP contribution in [0.1, 0.15) is 75.5 Å². The van der Waals surface area contributed by atoms with E-state index in [1.807, 2.05) is 0 Å². The third kappa shape index (κ3) is 4.42. The average Bonchev–Trinajstić information content (AvgIpc) is 2.84. The molecule has 5 rings (SSSR count). The Morgan fingerprint density at radius 1 is 1.03 bits per heavy atom. The molecule has 6 heteroatoms. The Morgan fingerprint density at radius 3 is 2.39 bits per heavy atom. The van der Waals surface area contributed by atoms with Gasteiger partial charge in [-0.2, -0.15) is 0 Å². The number of rotatable bonds is 4. The number of carboxylic acid groups (broad SMARTS) is 1. The second-order valence-corrected chi connectivity index (χ2v) is 11.1. The molecule has 2 atom stereocenters. The van der Waals surface area contributed by atoms with Crippen LogP contribution in [0.25, 0.3) is 0 Å². The normalized spacial score (nSPS) is 29.4. The number of likely N-dealkylation sites (tertiary alicyclic amines) is 1. The Kier molecular flexibility index (Phi) is 6.69. The summed E-state index contributed by atoms with van der Waals surface area (Å²) < 4.78 is 5.66. The summed E-state index contributed by atoms with van der Waals surface area (Å²) in [7, 11) is 0. The summed E-state index contributed by atoms with van der Waals surface area (Å²) in [5.74, 6) is 0.510. The minimum absolute atomic E-state index is 0.303. The van der Waals surface area contributed by atoms with Gasteiger partial charge in [-0.3, -0.25) is 9.80 Å². The largest absolute Gasteiger partial charge is 0.465 e. The van der Waals surface area contributed by atoms with Crippen molar-refractivity contribution in [3.8, 4) is 0 Å². The van der Waals surface area contributed by atoms with Gasteiger partial charge in [0, 0.05) is 64.1 Å². The van der Waals surface area contributed by atoms with Gasteiger partial charge in [0.25, 0.3) is 0 Å². The maximum absolute atomic E-state index is 11.5. The summed E-state index contributed by atoms with van der Waals surface area (Å²) in [6, 6.07) is 10.7. The SMILES string of the molecule is CC(C)c1ccccc1C1CN(C2CCOCC2)CCN1C1CCC12CCN(C(=O)O)CC2. The molecular formula is C27H41N3O3. The second kappa shape index (κ2) is 9.55. The van der Waals surface area contributed by atoms with Crippen molar-refractivity contribution >= 4 is 6.09 Å². The lowest BCUT2D eigenvalue weighted by Gasteiger charge is -2.61. The van der Waals surface area contributed by atoms with E-state index in [-0.39, 0.29) is 0 Å². The molecular weight excluding hydrogens is 414 g/mol. The number of hydrogen-bond donors (Lipinski definition) is 1. The fraction of sp³-hybridized carbons (Fsp3) is 0.741. The lowest BCUT2D eigenvalue weighted by Crippen LogP contribution is -2.64. The predicted octanol–water partition coefficient (Wildman–Crippen LogP) is 4.57. The maximum Gasteiger partial charge on any atom is 0.407 e. The number of piperidine rings is 1. The molecule has 182 valence electrons. The molecule has 1 N–H and O–H groups in total. The fourth-order valence-electron chi connectivity index (χ4n) is 7.12. The molecule has 1 aromatic carbocycles. The Balaban J connectivity index is 1.40. The molecule has 0 radical (unpaired) electrons. The molecule has 33 heavy (non-hydrogen) atoms. The summed E-state index contributed by atoms with van der Waals surface area (Å²) in [6.07, 6.45) is 6.09. The molecule has 1 aliphatic carbocycles. The van der Waals surface area contributed by atoms with Crippen molar-refractivity contribution in [1.29, 1.82) is 0 Å². The third-order valence-electron chi connectivity index (χ3n) is 9.19. The van der Waals surface area contributed by atoms with E-state index in [9.17, 15) is 9.90 Å². The molecule has 6 nitrogen and oxygen atoms in total. The first-order valence-corrected chi connectivity index (χ1v) is 13.1. The van der Waals surface area contributed by atoms with Gasteiger partial charge in [-0.05, 0) is 61.0 Å². The summed E-state index contributed by atoms with van der Waals surface area (Å²) in [5.41, 5.74) is 3.29. The third-order valence-corrected chi connectivity index (χ3v) is 9.19. The summed E-state index contributed by atoms with van der Waals surface area (Å²) in [6.45, 7) is 11.2. The van der Waals surface area contributed by atoms with Crippen LogP contribution < -0.4 is 0 Å². The molecule has 1 saturated carbocycles. The monoisotopic (exact) mass is 455 g/mol. The first kappa shape index (κ1) is 23.1. The fourth-order valence-corrected chi connectivity index (χ4v) is 7.12. The molecule has 4 fully saturated rings. The molecule has 3 saturated heterocycles. The number of hydrogen-bond acceptors (Lipinski definition) is 4. The van der Waals surface area contributed by atoms with Crippen molar-refractivity contribution in [3.05, 3.63) is 35.4 Å². The highest BCUT2D eigenvalue weighted by Crippen LogP contribution is 2.54. The standard InChI is InChI=1S/C27H41N3O3/c1-20(2)22-5-3-4-6-23(22)24-19-29(21-8-17-33-18-9-21)15-16-30(24)25-7-10-27(25)11-13-28(14-12-27)26(31)32/h3-6,20-21,24-25H,7-19H2,1-2H3,(H,31,32). The number of carbonyl (C=O) groups is 1. The van der Waals surface area contributed by atoms with Gasteiger partial charge in [0.1, 0.15) is 0 Å². The van der Waals surface area contributed by atoms with Crippen molar-refractivity contribution in [3.63, 3.8) is 0 Å². The predicted molar refractivity (Wildman–Crippen MR) is 130 cm³/mol. The number of benzene rings is 1. The first-order chi connectivity index (χ1) is 16.0. The lowest BCUT2D eigenvalue weighted by atomic mass is 9.58. The minimum atomic E-state index is -0.755. The Bertz CT molecular complexity index is 830. The van der Waals surface area contributed by atoms with Crippen molar-refractivity contribution in [2.75, 3.05) is 45.9 Å². The maximum atomic E-state index is 11.5. The number of nitrogens with zero attached hydrogens (tertiary/aromatic N) is 3. The molecule has 1 spiro atoms. The first-order valence-electron chi connectivity index (χ1n) is 13.1. The van der Waals surface area contributed by atoms with Crippen LogP contribution in [-0.2, 0) is 4.74 Å². The minimum Gasteiger partial charge on any atom is -0.465 e. The highest BCUT2D eigenvalue weighted by Gasteiger charge is 2.53. The van der Waals surface area contributed by atoms with Crippen LogP contribution in [0.3, 0.4) is 0 Å². The van der Waals surface area contributed by atoms with E-state index in [4.69, 9.17) is 4.74 Å². The van der Waals surface area contributed by atoms with Crippen LogP contribution in [0, 0.1) is 5.41 Å². The second-order valence-electron chi connectivity index (χ2n) is 11.1. The molecule has 1 amide bonds. The van der Waals surface area contributed by atoms with Crippen LogP contribution in [0.2, 0.25) is 0 Å². The van der Waals surface area contributed by atoms with E-state index in [1.165, 1.54) is 24.0 Å². The molecule has 1 aromatic rings. The van der Waals surface area contributed by atoms with Crippen LogP contribution in [0.15, 0.2) is 24.3 Å². The molecule has 0 aromatic heterocycles. The van der Waals surface area contributed by atoms with Gasteiger partial charge >= 0.3 is 6.09 Å². The molecule has 3 aliphatic heterocycles. The lowest BCUT2D eigenvalue weighted by molar-refractivity contribution is -0.107. The van der Waals surface area contributed by atoms with Crippen LogP contribution in [0.4, 0.5) is 4.79 Å². The van der Waals surface area contributed by atoms with Crippen molar-refractivity contribution in [2.24, 2.45) is 5.41 Å².